The second kappa shape index (κ2) is 6.13. The average molecular weight is 284 g/mol. The fraction of sp³-hybridized carbons (Fsp3) is 0.333. The van der Waals surface area contributed by atoms with Crippen LogP contribution in [-0.2, 0) is 6.42 Å². The summed E-state index contributed by atoms with van der Waals surface area (Å²) in [6, 6.07) is 4.95. The van der Waals surface area contributed by atoms with Crippen LogP contribution in [0.4, 0.5) is 11.4 Å². The van der Waals surface area contributed by atoms with Crippen LogP contribution in [0, 0.1) is 10.1 Å². The summed E-state index contributed by atoms with van der Waals surface area (Å²) in [5.74, 6) is 0. The molecule has 0 spiro atoms. The molecule has 4 nitrogen and oxygen atoms in total. The van der Waals surface area contributed by atoms with Crippen LogP contribution >= 0.6 is 34.8 Å². The van der Waals surface area contributed by atoms with Crippen molar-refractivity contribution in [2.24, 2.45) is 0 Å². The van der Waals surface area contributed by atoms with Gasteiger partial charge in [-0.2, -0.15) is 0 Å². The van der Waals surface area contributed by atoms with Gasteiger partial charge in [-0.1, -0.05) is 40.9 Å². The Morgan fingerprint density at radius 3 is 2.56 bits per heavy atom. The number of hydrogen-bond donors (Lipinski definition) is 1. The zero-order valence-corrected chi connectivity index (χ0v) is 10.4. The molecule has 0 bridgehead atoms. The molecule has 2 rings (SSSR count). The summed E-state index contributed by atoms with van der Waals surface area (Å²) >= 11 is 14.4. The van der Waals surface area contributed by atoms with Crippen molar-refractivity contribution < 1.29 is 4.92 Å². The summed E-state index contributed by atoms with van der Waals surface area (Å²) in [6.45, 7) is 0.885. The number of hydrogen-bond acceptors (Lipinski definition) is 3. The summed E-state index contributed by atoms with van der Waals surface area (Å²) in [7, 11) is 0. The number of benzene rings is 1. The Bertz CT molecular complexity index is 382. The summed E-state index contributed by atoms with van der Waals surface area (Å²) < 4.78 is -0.750. The molecule has 0 saturated carbocycles. The Kier molecular flexibility index (Phi) is 5.12. The molecule has 1 aromatic carbocycles. The lowest BCUT2D eigenvalue weighted by atomic mass is 10.1. The van der Waals surface area contributed by atoms with Crippen LogP contribution in [0.25, 0.3) is 0 Å². The van der Waals surface area contributed by atoms with E-state index in [0.717, 1.165) is 18.7 Å². The van der Waals surface area contributed by atoms with Crippen LogP contribution in [0.5, 0.6) is 0 Å². The summed E-state index contributed by atoms with van der Waals surface area (Å²) in [5, 5.41) is 13.5. The smallest absolute Gasteiger partial charge is 0.271 e. The average Bonchev–Trinajstić information content (AvgIpc) is 2.62. The maximum Gasteiger partial charge on any atom is 0.271 e. The van der Waals surface area contributed by atoms with E-state index >= 15 is 0 Å². The molecule has 1 aliphatic rings. The van der Waals surface area contributed by atoms with E-state index in [-0.39, 0.29) is 10.6 Å². The van der Waals surface area contributed by atoms with Crippen LogP contribution in [-0.4, -0.2) is 15.8 Å². The van der Waals surface area contributed by atoms with Gasteiger partial charge in [-0.05, 0) is 12.0 Å². The Morgan fingerprint density at radius 1 is 1.38 bits per heavy atom. The molecule has 0 saturated heterocycles. The summed E-state index contributed by atoms with van der Waals surface area (Å²) in [5.41, 5.74) is 2.23. The van der Waals surface area contributed by atoms with Gasteiger partial charge in [-0.25, -0.2) is 0 Å². The monoisotopic (exact) mass is 282 g/mol. The number of nitrogens with zero attached hydrogens (tertiary/aromatic N) is 1. The van der Waals surface area contributed by atoms with E-state index < -0.39 is 4.30 Å². The van der Waals surface area contributed by atoms with Gasteiger partial charge in [0.05, 0.1) is 4.92 Å². The summed E-state index contributed by atoms with van der Waals surface area (Å²) in [4.78, 5) is 10.0. The molecule has 0 unspecified atom stereocenters. The maximum absolute atomic E-state index is 10.4. The lowest BCUT2D eigenvalue weighted by molar-refractivity contribution is -0.384. The molecule has 1 heterocycles. The molecule has 16 heavy (non-hydrogen) atoms. The number of rotatable bonds is 1. The van der Waals surface area contributed by atoms with Gasteiger partial charge in [0.15, 0.2) is 4.30 Å². The zero-order valence-electron chi connectivity index (χ0n) is 8.12. The van der Waals surface area contributed by atoms with E-state index in [1.807, 2.05) is 6.07 Å². The van der Waals surface area contributed by atoms with Gasteiger partial charge in [0.2, 0.25) is 0 Å². The molecule has 0 fully saturated rings. The van der Waals surface area contributed by atoms with E-state index in [2.05, 4.69) is 5.32 Å². The van der Waals surface area contributed by atoms with Gasteiger partial charge in [0, 0.05) is 24.4 Å². The largest absolute Gasteiger partial charge is 0.384 e. The Hall–Kier alpha value is -0.710. The molecule has 0 aromatic heterocycles. The SMILES string of the molecule is ClC(Cl)Cl.O=[N+]([O-])c1ccc2c(c1)NCC2. The predicted octanol–water partition coefficient (Wildman–Crippen LogP) is 3.55. The fourth-order valence-electron chi connectivity index (χ4n) is 1.39. The first-order valence-electron chi connectivity index (χ1n) is 4.44. The first-order chi connectivity index (χ1) is 7.50. The second-order valence-corrected chi connectivity index (χ2v) is 5.00. The van der Waals surface area contributed by atoms with Gasteiger partial charge < -0.3 is 5.32 Å². The number of alkyl halides is 3. The first-order valence-corrected chi connectivity index (χ1v) is 5.75. The molecule has 1 aliphatic heterocycles. The van der Waals surface area contributed by atoms with Crippen molar-refractivity contribution in [3.63, 3.8) is 0 Å². The Labute approximate surface area is 108 Å². The van der Waals surface area contributed by atoms with Crippen molar-refractivity contribution >= 4 is 46.2 Å². The fourth-order valence-corrected chi connectivity index (χ4v) is 1.39. The van der Waals surface area contributed by atoms with Crippen molar-refractivity contribution in [3.05, 3.63) is 33.9 Å². The third kappa shape index (κ3) is 4.04. The molecular formula is C9H9Cl3N2O2. The topological polar surface area (TPSA) is 55.2 Å². The lowest BCUT2D eigenvalue weighted by Crippen LogP contribution is -1.92. The minimum atomic E-state index is -0.750. The maximum atomic E-state index is 10.4. The highest BCUT2D eigenvalue weighted by Crippen LogP contribution is 2.26. The number of halogens is 3. The molecule has 0 radical (unpaired) electrons. The number of non-ortho nitro benzene ring substituents is 1. The third-order valence-corrected chi connectivity index (χ3v) is 2.01. The molecule has 0 amide bonds. The van der Waals surface area contributed by atoms with Crippen molar-refractivity contribution in [1.82, 2.24) is 0 Å². The van der Waals surface area contributed by atoms with Crippen molar-refractivity contribution in [2.45, 2.75) is 10.7 Å². The van der Waals surface area contributed by atoms with Crippen molar-refractivity contribution in [2.75, 3.05) is 11.9 Å². The Morgan fingerprint density at radius 2 is 2.00 bits per heavy atom. The van der Waals surface area contributed by atoms with Gasteiger partial charge in [0.1, 0.15) is 0 Å². The van der Waals surface area contributed by atoms with E-state index in [9.17, 15) is 10.1 Å². The predicted molar refractivity (Wildman–Crippen MR) is 66.6 cm³/mol. The van der Waals surface area contributed by atoms with Crippen molar-refractivity contribution in [1.29, 1.82) is 0 Å². The number of anilines is 1. The minimum Gasteiger partial charge on any atom is -0.384 e. The first kappa shape index (κ1) is 13.4. The highest BCUT2D eigenvalue weighted by molar-refractivity contribution is 6.63. The molecule has 0 aliphatic carbocycles. The van der Waals surface area contributed by atoms with E-state index in [1.54, 1.807) is 12.1 Å². The molecule has 1 N–H and O–H groups in total. The molecular weight excluding hydrogens is 274 g/mol. The van der Waals surface area contributed by atoms with E-state index in [0.29, 0.717) is 0 Å². The van der Waals surface area contributed by atoms with Crippen LogP contribution in [0.15, 0.2) is 18.2 Å². The van der Waals surface area contributed by atoms with Gasteiger partial charge in [-0.15, -0.1) is 0 Å². The zero-order chi connectivity index (χ0) is 12.1. The molecule has 7 heteroatoms. The highest BCUT2D eigenvalue weighted by atomic mass is 35.6. The lowest BCUT2D eigenvalue weighted by Gasteiger charge is -1.97. The second-order valence-electron chi connectivity index (χ2n) is 3.02. The molecule has 0 atom stereocenters. The molecule has 88 valence electrons. The summed E-state index contributed by atoms with van der Waals surface area (Å²) in [6.07, 6.45) is 0.966. The number of nitro benzene ring substituents is 1. The van der Waals surface area contributed by atoms with Crippen LogP contribution in [0.2, 0.25) is 0 Å². The van der Waals surface area contributed by atoms with E-state index in [4.69, 9.17) is 34.8 Å². The number of nitrogens with one attached hydrogen (secondary N) is 1. The molecule has 1 aromatic rings. The van der Waals surface area contributed by atoms with Gasteiger partial charge in [-0.3, -0.25) is 10.1 Å². The van der Waals surface area contributed by atoms with Crippen LogP contribution in [0.1, 0.15) is 5.56 Å². The highest BCUT2D eigenvalue weighted by Gasteiger charge is 2.13. The van der Waals surface area contributed by atoms with E-state index in [1.165, 1.54) is 5.56 Å². The minimum absolute atomic E-state index is 0.156. The van der Waals surface area contributed by atoms with Gasteiger partial charge >= 0.3 is 0 Å². The van der Waals surface area contributed by atoms with Crippen LogP contribution < -0.4 is 5.32 Å². The van der Waals surface area contributed by atoms with Crippen LogP contribution in [0.3, 0.4) is 0 Å². The third-order valence-electron chi connectivity index (χ3n) is 2.01. The van der Waals surface area contributed by atoms with Gasteiger partial charge in [0.25, 0.3) is 5.69 Å². The van der Waals surface area contributed by atoms with Crippen molar-refractivity contribution in [3.8, 4) is 0 Å². The Balaban J connectivity index is 0.000000280. The quantitative estimate of drug-likeness (QED) is 0.487. The normalized spacial score (nSPS) is 12.5. The number of nitro groups is 1. The number of fused-ring (bicyclic) bond motifs is 1. The standard InChI is InChI=1S/C8H8N2O2.CHCl3/c11-10(12)7-2-1-6-3-4-9-8(6)5-7;2-1(3)4/h1-2,5,9H,3-4H2;1H.